The highest BCUT2D eigenvalue weighted by Gasteiger charge is 2.32. The number of anilines is 1. The maximum absolute atomic E-state index is 13.0. The van der Waals surface area contributed by atoms with E-state index in [0.717, 1.165) is 35.4 Å². The van der Waals surface area contributed by atoms with Gasteiger partial charge in [-0.3, -0.25) is 9.69 Å². The molecule has 1 heterocycles. The van der Waals surface area contributed by atoms with Crippen molar-refractivity contribution in [2.45, 2.75) is 25.8 Å². The number of amides is 1. The molecule has 26 heavy (non-hydrogen) atoms. The van der Waals surface area contributed by atoms with E-state index in [1.807, 2.05) is 54.6 Å². The summed E-state index contributed by atoms with van der Waals surface area (Å²) in [6.45, 7) is 0.519. The number of benzene rings is 2. The maximum atomic E-state index is 13.0. The van der Waals surface area contributed by atoms with E-state index in [0.29, 0.717) is 16.7 Å². The number of rotatable bonds is 5. The second-order valence-electron chi connectivity index (χ2n) is 6.43. The Morgan fingerprint density at radius 3 is 2.46 bits per heavy atom. The molecule has 0 N–H and O–H groups in total. The van der Waals surface area contributed by atoms with E-state index in [4.69, 9.17) is 11.6 Å². The Morgan fingerprint density at radius 2 is 1.81 bits per heavy atom. The van der Waals surface area contributed by atoms with E-state index in [-0.39, 0.29) is 11.8 Å². The van der Waals surface area contributed by atoms with Crippen LogP contribution in [0.2, 0.25) is 5.02 Å². The fourth-order valence-electron chi connectivity index (χ4n) is 2.92. The van der Waals surface area contributed by atoms with Crippen LogP contribution in [0.15, 0.2) is 54.6 Å². The molecule has 0 bridgehead atoms. The highest BCUT2D eigenvalue weighted by atomic mass is 35.5. The fraction of sp³-hybridized carbons (Fsp3) is 0.250. The van der Waals surface area contributed by atoms with E-state index in [2.05, 4.69) is 10.2 Å². The Kier molecular flexibility index (Phi) is 5.00. The highest BCUT2D eigenvalue weighted by Crippen LogP contribution is 2.34. The van der Waals surface area contributed by atoms with Crippen LogP contribution in [0.25, 0.3) is 10.6 Å². The summed E-state index contributed by atoms with van der Waals surface area (Å²) in [5, 5.41) is 10.7. The molecule has 4 nitrogen and oxygen atoms in total. The van der Waals surface area contributed by atoms with Gasteiger partial charge < -0.3 is 0 Å². The molecule has 1 aliphatic rings. The molecule has 1 saturated carbocycles. The Balaban J connectivity index is 1.63. The molecule has 1 amide bonds. The minimum Gasteiger partial charge on any atom is -0.282 e. The molecule has 2 aromatic carbocycles. The fourth-order valence-corrected chi connectivity index (χ4v) is 3.90. The summed E-state index contributed by atoms with van der Waals surface area (Å²) < 4.78 is 0. The molecule has 0 unspecified atom stereocenters. The molecule has 0 saturated heterocycles. The molecule has 3 aromatic rings. The first-order valence-corrected chi connectivity index (χ1v) is 9.85. The van der Waals surface area contributed by atoms with Gasteiger partial charge in [0.25, 0.3) is 0 Å². The molecule has 6 heteroatoms. The molecule has 0 atom stereocenters. The Morgan fingerprint density at radius 1 is 1.08 bits per heavy atom. The quantitative estimate of drug-likeness (QED) is 0.608. The summed E-state index contributed by atoms with van der Waals surface area (Å²) in [6, 6.07) is 17.5. The summed E-state index contributed by atoms with van der Waals surface area (Å²) in [5.74, 6) is 0.264. The lowest BCUT2D eigenvalue weighted by Gasteiger charge is -2.30. The predicted octanol–water partition coefficient (Wildman–Crippen LogP) is 5.19. The van der Waals surface area contributed by atoms with Gasteiger partial charge in [0.2, 0.25) is 11.0 Å². The van der Waals surface area contributed by atoms with E-state index < -0.39 is 0 Å². The van der Waals surface area contributed by atoms with Gasteiger partial charge in [-0.05, 0) is 30.5 Å². The zero-order valence-electron chi connectivity index (χ0n) is 14.1. The van der Waals surface area contributed by atoms with Crippen molar-refractivity contribution in [2.24, 2.45) is 5.92 Å². The largest absolute Gasteiger partial charge is 0.282 e. The van der Waals surface area contributed by atoms with Crippen LogP contribution in [-0.4, -0.2) is 16.1 Å². The van der Waals surface area contributed by atoms with E-state index in [1.54, 1.807) is 4.90 Å². The van der Waals surface area contributed by atoms with Gasteiger partial charge in [-0.2, -0.15) is 0 Å². The number of carbonyl (C=O) groups excluding carboxylic acids is 1. The molecule has 1 aliphatic carbocycles. The molecular formula is C20H18ClN3OS. The van der Waals surface area contributed by atoms with Gasteiger partial charge in [0, 0.05) is 16.5 Å². The van der Waals surface area contributed by atoms with Crippen molar-refractivity contribution in [1.82, 2.24) is 10.2 Å². The zero-order valence-corrected chi connectivity index (χ0v) is 15.7. The molecule has 0 spiro atoms. The van der Waals surface area contributed by atoms with Crippen LogP contribution >= 0.6 is 22.9 Å². The third-order valence-corrected chi connectivity index (χ3v) is 5.89. The van der Waals surface area contributed by atoms with Crippen LogP contribution in [-0.2, 0) is 11.3 Å². The Hall–Kier alpha value is -2.24. The first-order chi connectivity index (χ1) is 12.7. The standard InChI is InChI=1S/C20H18ClN3OS/c21-17-11-9-15(10-12-17)18-22-23-20(26-18)24(19(25)16-7-4-8-16)13-14-5-2-1-3-6-14/h1-3,5-6,9-12,16H,4,7-8,13H2. The van der Waals surface area contributed by atoms with Gasteiger partial charge in [-0.1, -0.05) is 71.8 Å². The second-order valence-corrected chi connectivity index (χ2v) is 7.83. The maximum Gasteiger partial charge on any atom is 0.232 e. The number of nitrogens with zero attached hydrogens (tertiary/aromatic N) is 3. The van der Waals surface area contributed by atoms with Crippen molar-refractivity contribution < 1.29 is 4.79 Å². The molecule has 1 aromatic heterocycles. The van der Waals surface area contributed by atoms with Gasteiger partial charge in [0.15, 0.2) is 0 Å². The monoisotopic (exact) mass is 383 g/mol. The highest BCUT2D eigenvalue weighted by molar-refractivity contribution is 7.18. The van der Waals surface area contributed by atoms with E-state index in [9.17, 15) is 4.79 Å². The first kappa shape index (κ1) is 17.2. The zero-order chi connectivity index (χ0) is 17.9. The first-order valence-electron chi connectivity index (χ1n) is 8.65. The SMILES string of the molecule is O=C(C1CCC1)N(Cc1ccccc1)c1nnc(-c2ccc(Cl)cc2)s1. The minimum absolute atomic E-state index is 0.113. The molecule has 132 valence electrons. The number of carbonyl (C=O) groups is 1. The van der Waals surface area contributed by atoms with Gasteiger partial charge in [-0.15, -0.1) is 10.2 Å². The van der Waals surface area contributed by atoms with E-state index >= 15 is 0 Å². The summed E-state index contributed by atoms with van der Waals surface area (Å²) in [6.07, 6.45) is 3.06. The number of halogens is 1. The summed E-state index contributed by atoms with van der Waals surface area (Å²) >= 11 is 7.40. The Labute approximate surface area is 161 Å². The number of aromatic nitrogens is 2. The third-order valence-electron chi connectivity index (χ3n) is 4.64. The lowest BCUT2D eigenvalue weighted by molar-refractivity contribution is -0.124. The van der Waals surface area contributed by atoms with Gasteiger partial charge in [0.1, 0.15) is 5.01 Å². The lowest BCUT2D eigenvalue weighted by Crippen LogP contribution is -2.38. The van der Waals surface area contributed by atoms with Gasteiger partial charge in [0.05, 0.1) is 6.54 Å². The van der Waals surface area contributed by atoms with Crippen molar-refractivity contribution in [3.05, 3.63) is 65.2 Å². The van der Waals surface area contributed by atoms with Crippen molar-refractivity contribution in [1.29, 1.82) is 0 Å². The van der Waals surface area contributed by atoms with Crippen LogP contribution < -0.4 is 4.90 Å². The summed E-state index contributed by atoms with van der Waals surface area (Å²) in [4.78, 5) is 14.8. The molecule has 1 fully saturated rings. The lowest BCUT2D eigenvalue weighted by atomic mass is 9.84. The third kappa shape index (κ3) is 3.64. The average Bonchev–Trinajstić information content (AvgIpc) is 3.09. The molecule has 0 aliphatic heterocycles. The predicted molar refractivity (Wildman–Crippen MR) is 105 cm³/mol. The summed E-state index contributed by atoms with van der Waals surface area (Å²) in [7, 11) is 0. The number of hydrogen-bond donors (Lipinski definition) is 0. The average molecular weight is 384 g/mol. The smallest absolute Gasteiger partial charge is 0.232 e. The van der Waals surface area contributed by atoms with Crippen molar-refractivity contribution in [2.75, 3.05) is 4.90 Å². The van der Waals surface area contributed by atoms with Crippen molar-refractivity contribution in [3.8, 4) is 10.6 Å². The van der Waals surface area contributed by atoms with Gasteiger partial charge >= 0.3 is 0 Å². The second kappa shape index (κ2) is 7.56. The van der Waals surface area contributed by atoms with Crippen LogP contribution in [0.4, 0.5) is 5.13 Å². The van der Waals surface area contributed by atoms with Crippen LogP contribution in [0.1, 0.15) is 24.8 Å². The minimum atomic E-state index is 0.113. The van der Waals surface area contributed by atoms with Gasteiger partial charge in [-0.25, -0.2) is 0 Å². The van der Waals surface area contributed by atoms with Crippen LogP contribution in [0.5, 0.6) is 0 Å². The molecule has 4 rings (SSSR count). The normalized spacial score (nSPS) is 14.0. The molecule has 0 radical (unpaired) electrons. The van der Waals surface area contributed by atoms with Crippen LogP contribution in [0.3, 0.4) is 0 Å². The number of hydrogen-bond acceptors (Lipinski definition) is 4. The Bertz CT molecular complexity index is 891. The topological polar surface area (TPSA) is 46.1 Å². The van der Waals surface area contributed by atoms with Crippen molar-refractivity contribution in [3.63, 3.8) is 0 Å². The summed E-state index contributed by atoms with van der Waals surface area (Å²) in [5.41, 5.74) is 2.04. The molecular weight excluding hydrogens is 366 g/mol. The van der Waals surface area contributed by atoms with Crippen LogP contribution in [0, 0.1) is 5.92 Å². The van der Waals surface area contributed by atoms with Crippen molar-refractivity contribution >= 4 is 34.0 Å². The van der Waals surface area contributed by atoms with E-state index in [1.165, 1.54) is 11.3 Å².